The summed E-state index contributed by atoms with van der Waals surface area (Å²) in [6.45, 7) is 1.96. The zero-order valence-electron chi connectivity index (χ0n) is 10.8. The van der Waals surface area contributed by atoms with Crippen LogP contribution in [0.4, 0.5) is 0 Å². The fourth-order valence-corrected chi connectivity index (χ4v) is 2.73. The Bertz CT molecular complexity index is 537. The van der Waals surface area contributed by atoms with E-state index in [1.807, 2.05) is 6.92 Å². The summed E-state index contributed by atoms with van der Waals surface area (Å²) in [5, 5.41) is 3.89. The molecule has 0 bridgehead atoms. The van der Waals surface area contributed by atoms with Gasteiger partial charge in [-0.3, -0.25) is 0 Å². The average molecular weight is 294 g/mol. The lowest BCUT2D eigenvalue weighted by Gasteiger charge is -2.11. The van der Waals surface area contributed by atoms with Crippen molar-refractivity contribution in [1.29, 1.82) is 0 Å². The summed E-state index contributed by atoms with van der Waals surface area (Å²) in [7, 11) is -1.95. The quantitative estimate of drug-likeness (QED) is 0.422. The van der Waals surface area contributed by atoms with Gasteiger partial charge in [-0.2, -0.15) is 0 Å². The maximum absolute atomic E-state index is 12.2. The third kappa shape index (κ3) is 2.52. The van der Waals surface area contributed by atoms with Crippen molar-refractivity contribution in [2.24, 2.45) is 0 Å². The van der Waals surface area contributed by atoms with Crippen LogP contribution in [-0.2, 0) is 29.1 Å². The molecule has 108 valence electrons. The zero-order chi connectivity index (χ0) is 14.1. The van der Waals surface area contributed by atoms with E-state index in [2.05, 4.69) is 24.2 Å². The van der Waals surface area contributed by atoms with Gasteiger partial charge in [-0.1, -0.05) is 11.4 Å². The molecule has 9 nitrogen and oxygen atoms in total. The first-order chi connectivity index (χ1) is 9.01. The van der Waals surface area contributed by atoms with Crippen molar-refractivity contribution < 1.29 is 28.1 Å². The second kappa shape index (κ2) is 5.18. The van der Waals surface area contributed by atoms with E-state index in [-0.39, 0.29) is 11.3 Å². The van der Waals surface area contributed by atoms with E-state index in [1.54, 1.807) is 0 Å². The number of rotatable bonds is 7. The van der Waals surface area contributed by atoms with Gasteiger partial charge in [0, 0.05) is 5.41 Å². The second-order valence-electron chi connectivity index (χ2n) is 4.15. The third-order valence-corrected chi connectivity index (χ3v) is 4.48. The van der Waals surface area contributed by atoms with Crippen molar-refractivity contribution in [1.82, 2.24) is 9.55 Å². The smallest absolute Gasteiger partial charge is 0.391 e. The largest absolute Gasteiger partial charge is 0.515 e. The predicted molar refractivity (Wildman–Crippen MR) is 61.2 cm³/mol. The standard InChI is InChI=1S/C9H15N2O7P/c1-4-9(5-6-9)7-10-11(8(12)16-7)19(13,17-14-2)18-15-3/h4-6H2,1-3H3. The van der Waals surface area contributed by atoms with E-state index >= 15 is 0 Å². The first kappa shape index (κ1) is 14.4. The van der Waals surface area contributed by atoms with E-state index in [4.69, 9.17) is 4.42 Å². The van der Waals surface area contributed by atoms with Gasteiger partial charge in [-0.25, -0.2) is 19.1 Å². The number of hydrogen-bond acceptors (Lipinski definition) is 8. The topological polar surface area (TPSA) is 102 Å². The molecule has 1 aromatic heterocycles. The fraction of sp³-hybridized carbons (Fsp3) is 0.778. The Balaban J connectivity index is 2.39. The van der Waals surface area contributed by atoms with Crippen molar-refractivity contribution in [2.45, 2.75) is 31.6 Å². The molecule has 1 aliphatic rings. The first-order valence-corrected chi connectivity index (χ1v) is 7.17. The molecule has 10 heteroatoms. The van der Waals surface area contributed by atoms with Gasteiger partial charge >= 0.3 is 13.5 Å². The second-order valence-corrected chi connectivity index (χ2v) is 5.76. The van der Waals surface area contributed by atoms with Crippen LogP contribution in [0.5, 0.6) is 0 Å². The van der Waals surface area contributed by atoms with Gasteiger partial charge in [0.1, 0.15) is 0 Å². The highest BCUT2D eigenvalue weighted by molar-refractivity contribution is 7.51. The molecule has 0 atom stereocenters. The van der Waals surface area contributed by atoms with Crippen LogP contribution in [0.3, 0.4) is 0 Å². The minimum atomic E-state index is -4.19. The Morgan fingerprint density at radius 2 is 1.95 bits per heavy atom. The third-order valence-electron chi connectivity index (χ3n) is 3.09. The molecule has 0 N–H and O–H groups in total. The van der Waals surface area contributed by atoms with Crippen LogP contribution >= 0.6 is 7.75 Å². The predicted octanol–water partition coefficient (Wildman–Crippen LogP) is 1.39. The van der Waals surface area contributed by atoms with E-state index in [9.17, 15) is 9.36 Å². The number of nitrogens with zero attached hydrogens (tertiary/aromatic N) is 2. The van der Waals surface area contributed by atoms with Gasteiger partial charge < -0.3 is 4.42 Å². The molecule has 0 saturated heterocycles. The highest BCUT2D eigenvalue weighted by Crippen LogP contribution is 2.52. The van der Waals surface area contributed by atoms with Gasteiger partial charge in [0.05, 0.1) is 14.2 Å². The number of hydrogen-bond donors (Lipinski definition) is 0. The van der Waals surface area contributed by atoms with E-state index < -0.39 is 13.5 Å². The van der Waals surface area contributed by atoms with Gasteiger partial charge in [0.2, 0.25) is 5.89 Å². The van der Waals surface area contributed by atoms with Gasteiger partial charge in [0.15, 0.2) is 0 Å². The Morgan fingerprint density at radius 3 is 2.37 bits per heavy atom. The lowest BCUT2D eigenvalue weighted by molar-refractivity contribution is -0.245. The summed E-state index contributed by atoms with van der Waals surface area (Å²) in [5.41, 5.74) is -0.255. The molecule has 1 aromatic rings. The highest BCUT2D eigenvalue weighted by atomic mass is 31.2. The molecular weight excluding hydrogens is 279 g/mol. The van der Waals surface area contributed by atoms with Crippen LogP contribution in [-0.4, -0.2) is 23.8 Å². The fourth-order valence-electron chi connectivity index (χ4n) is 1.77. The van der Waals surface area contributed by atoms with Crippen molar-refractivity contribution in [3.05, 3.63) is 16.4 Å². The molecule has 0 radical (unpaired) electrons. The van der Waals surface area contributed by atoms with Crippen LogP contribution < -0.4 is 5.76 Å². The van der Waals surface area contributed by atoms with Crippen molar-refractivity contribution in [3.63, 3.8) is 0 Å². The molecular formula is C9H15N2O7P. The molecule has 2 rings (SSSR count). The van der Waals surface area contributed by atoms with Crippen molar-refractivity contribution in [2.75, 3.05) is 14.2 Å². The zero-order valence-corrected chi connectivity index (χ0v) is 11.7. The molecule has 1 saturated carbocycles. The minimum absolute atomic E-state index is 0.222. The Labute approximate surface area is 108 Å². The molecule has 19 heavy (non-hydrogen) atoms. The molecule has 0 aromatic carbocycles. The normalized spacial score (nSPS) is 17.6. The van der Waals surface area contributed by atoms with Gasteiger partial charge in [0.25, 0.3) is 0 Å². The lowest BCUT2D eigenvalue weighted by Crippen LogP contribution is -2.17. The maximum Gasteiger partial charge on any atom is 0.515 e. The molecule has 0 aliphatic heterocycles. The molecule has 1 aliphatic carbocycles. The molecule has 1 heterocycles. The van der Waals surface area contributed by atoms with Crippen LogP contribution in [0, 0.1) is 0 Å². The van der Waals surface area contributed by atoms with E-state index in [0.717, 1.165) is 33.5 Å². The Hall–Kier alpha value is -0.990. The van der Waals surface area contributed by atoms with Crippen LogP contribution in [0.15, 0.2) is 9.21 Å². The van der Waals surface area contributed by atoms with E-state index in [0.29, 0.717) is 4.45 Å². The summed E-state index contributed by atoms with van der Waals surface area (Å²) < 4.78 is 26.7. The van der Waals surface area contributed by atoms with Crippen LogP contribution in [0.25, 0.3) is 0 Å². The monoisotopic (exact) mass is 294 g/mol. The molecule has 1 fully saturated rings. The van der Waals surface area contributed by atoms with Crippen molar-refractivity contribution in [3.8, 4) is 0 Å². The Kier molecular flexibility index (Phi) is 3.93. The molecule has 0 amide bonds. The summed E-state index contributed by atoms with van der Waals surface area (Å²) in [6.07, 6.45) is 2.50. The van der Waals surface area contributed by atoms with Gasteiger partial charge in [-0.15, -0.1) is 14.4 Å². The summed E-state index contributed by atoms with van der Waals surface area (Å²) in [5.74, 6) is -0.730. The summed E-state index contributed by atoms with van der Waals surface area (Å²) in [6, 6.07) is 0. The summed E-state index contributed by atoms with van der Waals surface area (Å²) >= 11 is 0. The Morgan fingerprint density at radius 1 is 1.37 bits per heavy atom. The lowest BCUT2D eigenvalue weighted by atomic mass is 10.0. The first-order valence-electron chi connectivity index (χ1n) is 5.67. The number of aromatic nitrogens is 2. The van der Waals surface area contributed by atoms with Gasteiger partial charge in [-0.05, 0) is 19.3 Å². The maximum atomic E-state index is 12.2. The minimum Gasteiger partial charge on any atom is -0.391 e. The highest BCUT2D eigenvalue weighted by Gasteiger charge is 2.49. The van der Waals surface area contributed by atoms with Crippen LogP contribution in [0.2, 0.25) is 0 Å². The van der Waals surface area contributed by atoms with Crippen LogP contribution in [0.1, 0.15) is 32.1 Å². The molecule has 0 spiro atoms. The SMILES string of the molecule is CCC1(c2nn(P(=O)(OOC)OOC)c(=O)o2)CC1. The summed E-state index contributed by atoms with van der Waals surface area (Å²) in [4.78, 5) is 20.3. The van der Waals surface area contributed by atoms with E-state index in [1.165, 1.54) is 0 Å². The molecule has 0 unspecified atom stereocenters. The average Bonchev–Trinajstić information content (AvgIpc) is 3.07. The van der Waals surface area contributed by atoms with Crippen molar-refractivity contribution >= 4 is 7.75 Å².